The highest BCUT2D eigenvalue weighted by molar-refractivity contribution is 5.98. The summed E-state index contributed by atoms with van der Waals surface area (Å²) in [4.78, 5) is 26.6. The van der Waals surface area contributed by atoms with Crippen LogP contribution in [-0.2, 0) is 4.79 Å². The van der Waals surface area contributed by atoms with Gasteiger partial charge < -0.3 is 15.5 Å². The van der Waals surface area contributed by atoms with Gasteiger partial charge in [0, 0.05) is 30.0 Å². The number of amides is 2. The Labute approximate surface area is 154 Å². The molecule has 2 aromatic rings. The third-order valence-electron chi connectivity index (χ3n) is 4.61. The molecule has 0 spiro atoms. The molecule has 5 heteroatoms. The number of hydrogen-bond donors (Lipinski definition) is 2. The van der Waals surface area contributed by atoms with Crippen molar-refractivity contribution in [3.63, 3.8) is 0 Å². The van der Waals surface area contributed by atoms with Gasteiger partial charge in [0.25, 0.3) is 5.91 Å². The molecule has 0 saturated carbocycles. The van der Waals surface area contributed by atoms with Crippen molar-refractivity contribution >= 4 is 23.2 Å². The van der Waals surface area contributed by atoms with Crippen molar-refractivity contribution in [3.8, 4) is 0 Å². The Balaban J connectivity index is 1.58. The lowest BCUT2D eigenvalue weighted by Crippen LogP contribution is -2.27. The van der Waals surface area contributed by atoms with E-state index in [0.717, 1.165) is 37.2 Å². The molecule has 0 aromatic heterocycles. The number of hydrogen-bond acceptors (Lipinski definition) is 3. The lowest BCUT2D eigenvalue weighted by Gasteiger charge is -2.16. The lowest BCUT2D eigenvalue weighted by atomic mass is 10.1. The molecule has 1 aliphatic rings. The fourth-order valence-corrected chi connectivity index (χ4v) is 3.23. The van der Waals surface area contributed by atoms with Crippen molar-refractivity contribution in [3.05, 3.63) is 59.2 Å². The van der Waals surface area contributed by atoms with Gasteiger partial charge in [-0.05, 0) is 56.5 Å². The maximum atomic E-state index is 12.5. The Hall–Kier alpha value is -2.82. The van der Waals surface area contributed by atoms with E-state index in [1.165, 1.54) is 5.56 Å². The standard InChI is InChI=1S/C21H25N3O2/c1-15-8-9-19(16(2)12-15)22-14-20(25)23-18-7-5-6-17(13-18)21(26)24-10-3-4-11-24/h5-9,12-13,22H,3-4,10-11,14H2,1-2H3,(H,23,25). The highest BCUT2D eigenvalue weighted by atomic mass is 16.2. The number of carbonyl (C=O) groups is 2. The van der Waals surface area contributed by atoms with E-state index in [4.69, 9.17) is 0 Å². The molecular weight excluding hydrogens is 326 g/mol. The van der Waals surface area contributed by atoms with Crippen LogP contribution in [0.25, 0.3) is 0 Å². The van der Waals surface area contributed by atoms with E-state index in [-0.39, 0.29) is 18.4 Å². The summed E-state index contributed by atoms with van der Waals surface area (Å²) in [6, 6.07) is 13.2. The Morgan fingerprint density at radius 3 is 2.54 bits per heavy atom. The Morgan fingerprint density at radius 2 is 1.81 bits per heavy atom. The predicted molar refractivity (Wildman–Crippen MR) is 105 cm³/mol. The fourth-order valence-electron chi connectivity index (χ4n) is 3.23. The quantitative estimate of drug-likeness (QED) is 0.865. The van der Waals surface area contributed by atoms with E-state index in [2.05, 4.69) is 16.7 Å². The van der Waals surface area contributed by atoms with Crippen LogP contribution in [0, 0.1) is 13.8 Å². The predicted octanol–water partition coefficient (Wildman–Crippen LogP) is 3.59. The van der Waals surface area contributed by atoms with Crippen molar-refractivity contribution < 1.29 is 9.59 Å². The first-order valence-electron chi connectivity index (χ1n) is 9.03. The van der Waals surface area contributed by atoms with E-state index in [1.807, 2.05) is 30.9 Å². The van der Waals surface area contributed by atoms with Gasteiger partial charge in [-0.1, -0.05) is 23.8 Å². The molecule has 2 aromatic carbocycles. The largest absolute Gasteiger partial charge is 0.376 e. The third-order valence-corrected chi connectivity index (χ3v) is 4.61. The van der Waals surface area contributed by atoms with Gasteiger partial charge in [-0.3, -0.25) is 9.59 Å². The summed E-state index contributed by atoms with van der Waals surface area (Å²) in [6.45, 7) is 5.86. The SMILES string of the molecule is Cc1ccc(NCC(=O)Nc2cccc(C(=O)N3CCCC3)c2)c(C)c1. The number of carbonyl (C=O) groups excluding carboxylic acids is 2. The van der Waals surface area contributed by atoms with Crippen molar-refractivity contribution in [1.82, 2.24) is 4.90 Å². The van der Waals surface area contributed by atoms with E-state index in [9.17, 15) is 9.59 Å². The van der Waals surface area contributed by atoms with Gasteiger partial charge in [-0.15, -0.1) is 0 Å². The summed E-state index contributed by atoms with van der Waals surface area (Å²) < 4.78 is 0. The molecule has 2 amide bonds. The molecular formula is C21H25N3O2. The van der Waals surface area contributed by atoms with Crippen molar-refractivity contribution in [2.24, 2.45) is 0 Å². The molecule has 0 aliphatic carbocycles. The molecule has 1 saturated heterocycles. The summed E-state index contributed by atoms with van der Waals surface area (Å²) in [7, 11) is 0. The van der Waals surface area contributed by atoms with Crippen LogP contribution in [0.5, 0.6) is 0 Å². The van der Waals surface area contributed by atoms with Gasteiger partial charge in [0.05, 0.1) is 6.54 Å². The van der Waals surface area contributed by atoms with Crippen LogP contribution in [0.3, 0.4) is 0 Å². The maximum absolute atomic E-state index is 12.5. The zero-order chi connectivity index (χ0) is 18.5. The summed E-state index contributed by atoms with van der Waals surface area (Å²) >= 11 is 0. The Bertz CT molecular complexity index is 811. The average molecular weight is 351 g/mol. The molecule has 5 nitrogen and oxygen atoms in total. The van der Waals surface area contributed by atoms with Gasteiger partial charge in [-0.2, -0.15) is 0 Å². The van der Waals surface area contributed by atoms with E-state index in [0.29, 0.717) is 11.3 Å². The average Bonchev–Trinajstić information content (AvgIpc) is 3.15. The fraction of sp³-hybridized carbons (Fsp3) is 0.333. The van der Waals surface area contributed by atoms with Crippen molar-refractivity contribution in [2.75, 3.05) is 30.3 Å². The van der Waals surface area contributed by atoms with Crippen molar-refractivity contribution in [1.29, 1.82) is 0 Å². The van der Waals surface area contributed by atoms with Crippen LogP contribution in [0.15, 0.2) is 42.5 Å². The van der Waals surface area contributed by atoms with Crippen molar-refractivity contribution in [2.45, 2.75) is 26.7 Å². The number of nitrogens with zero attached hydrogens (tertiary/aromatic N) is 1. The molecule has 0 atom stereocenters. The molecule has 0 bridgehead atoms. The lowest BCUT2D eigenvalue weighted by molar-refractivity contribution is -0.114. The number of benzene rings is 2. The summed E-state index contributed by atoms with van der Waals surface area (Å²) in [5, 5.41) is 6.01. The minimum atomic E-state index is -0.143. The Kier molecular flexibility index (Phi) is 5.56. The first kappa shape index (κ1) is 18.0. The van der Waals surface area contributed by atoms with Crippen LogP contribution in [0.2, 0.25) is 0 Å². The molecule has 1 heterocycles. The second-order valence-electron chi connectivity index (χ2n) is 6.80. The summed E-state index contributed by atoms with van der Waals surface area (Å²) in [5.74, 6) is -0.109. The normalized spacial score (nSPS) is 13.5. The van der Waals surface area contributed by atoms with Gasteiger partial charge in [0.1, 0.15) is 0 Å². The van der Waals surface area contributed by atoms with Crippen LogP contribution in [-0.4, -0.2) is 36.3 Å². The summed E-state index contributed by atoms with van der Waals surface area (Å²) in [6.07, 6.45) is 2.12. The first-order valence-corrected chi connectivity index (χ1v) is 9.03. The number of nitrogens with one attached hydrogen (secondary N) is 2. The maximum Gasteiger partial charge on any atom is 0.253 e. The second kappa shape index (κ2) is 8.04. The van der Waals surface area contributed by atoms with Crippen LogP contribution < -0.4 is 10.6 Å². The molecule has 0 unspecified atom stereocenters. The molecule has 0 radical (unpaired) electrons. The number of aryl methyl sites for hydroxylation is 2. The molecule has 2 N–H and O–H groups in total. The second-order valence-corrected chi connectivity index (χ2v) is 6.80. The van der Waals surface area contributed by atoms with Gasteiger partial charge in [-0.25, -0.2) is 0 Å². The zero-order valence-corrected chi connectivity index (χ0v) is 15.3. The number of likely N-dealkylation sites (tertiary alicyclic amines) is 1. The Morgan fingerprint density at radius 1 is 1.04 bits per heavy atom. The monoisotopic (exact) mass is 351 g/mol. The minimum Gasteiger partial charge on any atom is -0.376 e. The molecule has 26 heavy (non-hydrogen) atoms. The molecule has 3 rings (SSSR count). The van der Waals surface area contributed by atoms with Crippen LogP contribution >= 0.6 is 0 Å². The highest BCUT2D eigenvalue weighted by Crippen LogP contribution is 2.17. The topological polar surface area (TPSA) is 61.4 Å². The molecule has 136 valence electrons. The summed E-state index contributed by atoms with van der Waals surface area (Å²) in [5.41, 5.74) is 4.51. The molecule has 1 aliphatic heterocycles. The van der Waals surface area contributed by atoms with Gasteiger partial charge in [0.2, 0.25) is 5.91 Å². The van der Waals surface area contributed by atoms with Crippen LogP contribution in [0.1, 0.15) is 34.3 Å². The smallest absolute Gasteiger partial charge is 0.253 e. The van der Waals surface area contributed by atoms with E-state index < -0.39 is 0 Å². The van der Waals surface area contributed by atoms with E-state index in [1.54, 1.807) is 24.3 Å². The zero-order valence-electron chi connectivity index (χ0n) is 15.3. The third kappa shape index (κ3) is 4.42. The number of rotatable bonds is 5. The van der Waals surface area contributed by atoms with Gasteiger partial charge >= 0.3 is 0 Å². The minimum absolute atomic E-state index is 0.0343. The van der Waals surface area contributed by atoms with E-state index >= 15 is 0 Å². The number of anilines is 2. The highest BCUT2D eigenvalue weighted by Gasteiger charge is 2.19. The van der Waals surface area contributed by atoms with Crippen LogP contribution in [0.4, 0.5) is 11.4 Å². The first-order chi connectivity index (χ1) is 12.5. The van der Waals surface area contributed by atoms with Gasteiger partial charge in [0.15, 0.2) is 0 Å². The molecule has 1 fully saturated rings.